The van der Waals surface area contributed by atoms with Crippen molar-refractivity contribution in [3.05, 3.63) is 29.6 Å². The molecule has 0 amide bonds. The average Bonchev–Trinajstić information content (AvgIpc) is 2.01. The fraction of sp³-hybridized carbons (Fsp3) is 0.250. The predicted molar refractivity (Wildman–Crippen MR) is 49.7 cm³/mol. The van der Waals surface area contributed by atoms with E-state index in [0.717, 1.165) is 6.20 Å². The molecule has 0 radical (unpaired) electrons. The number of hydrogen-bond donors (Lipinski definition) is 1. The Morgan fingerprint density at radius 1 is 1.50 bits per heavy atom. The molecule has 14 heavy (non-hydrogen) atoms. The van der Waals surface area contributed by atoms with Crippen molar-refractivity contribution in [2.45, 2.75) is 12.6 Å². The third-order valence-corrected chi connectivity index (χ3v) is 1.67. The van der Waals surface area contributed by atoms with Gasteiger partial charge in [-0.05, 0) is 11.6 Å². The first kappa shape index (κ1) is 10.9. The van der Waals surface area contributed by atoms with E-state index in [9.17, 15) is 13.2 Å². The van der Waals surface area contributed by atoms with Crippen LogP contribution in [-0.2, 0) is 12.6 Å². The molecule has 0 spiro atoms. The molecule has 2 N–H and O–H groups in total. The number of nitrogens with zero attached hydrogens (tertiary/aromatic N) is 1. The van der Waals surface area contributed by atoms with Crippen LogP contribution in [0.2, 0.25) is 0 Å². The Hall–Kier alpha value is -1.17. The Kier molecular flexibility index (Phi) is 3.05. The van der Waals surface area contributed by atoms with Crippen LogP contribution in [-0.4, -0.2) is 9.97 Å². The molecule has 6 heteroatoms. The van der Waals surface area contributed by atoms with Crippen LogP contribution in [0.3, 0.4) is 0 Å². The molecule has 0 aromatic carbocycles. The minimum Gasteiger partial charge on any atom is -0.393 e. The highest BCUT2D eigenvalue weighted by Crippen LogP contribution is 2.30. The quantitative estimate of drug-likeness (QED) is 0.774. The smallest absolute Gasteiger partial charge is 0.393 e. The van der Waals surface area contributed by atoms with Gasteiger partial charge in [-0.3, -0.25) is 4.98 Å². The van der Waals surface area contributed by atoms with Crippen LogP contribution in [0, 0.1) is 0 Å². The molecule has 0 aliphatic heterocycles. The molecule has 0 bridgehead atoms. The zero-order valence-corrected chi connectivity index (χ0v) is 7.82. The lowest BCUT2D eigenvalue weighted by Crippen LogP contribution is -2.17. The summed E-state index contributed by atoms with van der Waals surface area (Å²) in [5.41, 5.74) is 4.26. The minimum absolute atomic E-state index is 0.00694. The highest BCUT2D eigenvalue weighted by atomic mass is 32.1. The Bertz CT molecular complexity index is 349. The molecule has 0 aliphatic carbocycles. The molecule has 0 saturated carbocycles. The highest BCUT2D eigenvalue weighted by Gasteiger charge is 2.34. The molecular formula is C8H7F3N2S. The Labute approximate surface area is 83.9 Å². The summed E-state index contributed by atoms with van der Waals surface area (Å²) >= 11 is 4.54. The number of pyridine rings is 1. The first-order valence-corrected chi connectivity index (χ1v) is 4.11. The van der Waals surface area contributed by atoms with Crippen LogP contribution in [0.25, 0.3) is 0 Å². The molecule has 0 saturated heterocycles. The van der Waals surface area contributed by atoms with Crippen molar-refractivity contribution in [1.29, 1.82) is 0 Å². The standard InChI is InChI=1S/C8H7F3N2S/c9-8(10,11)7-5(4-6(12)14)2-1-3-13-7/h1-3H,4H2,(H2,12,14). The third-order valence-electron chi connectivity index (χ3n) is 1.52. The van der Waals surface area contributed by atoms with Crippen molar-refractivity contribution < 1.29 is 13.2 Å². The lowest BCUT2D eigenvalue weighted by molar-refractivity contribution is -0.141. The zero-order chi connectivity index (χ0) is 10.8. The van der Waals surface area contributed by atoms with E-state index in [1.165, 1.54) is 12.1 Å². The summed E-state index contributed by atoms with van der Waals surface area (Å²) < 4.78 is 37.1. The van der Waals surface area contributed by atoms with Crippen molar-refractivity contribution in [3.63, 3.8) is 0 Å². The minimum atomic E-state index is -4.46. The van der Waals surface area contributed by atoms with Crippen LogP contribution < -0.4 is 5.73 Å². The fourth-order valence-electron chi connectivity index (χ4n) is 1.02. The van der Waals surface area contributed by atoms with Gasteiger partial charge in [0.15, 0.2) is 0 Å². The number of alkyl halides is 3. The van der Waals surface area contributed by atoms with E-state index in [2.05, 4.69) is 17.2 Å². The molecule has 76 valence electrons. The van der Waals surface area contributed by atoms with Gasteiger partial charge >= 0.3 is 6.18 Å². The Balaban J connectivity index is 3.10. The largest absolute Gasteiger partial charge is 0.433 e. The van der Waals surface area contributed by atoms with Gasteiger partial charge in [0.1, 0.15) is 5.69 Å². The van der Waals surface area contributed by atoms with Crippen molar-refractivity contribution in [2.24, 2.45) is 5.73 Å². The van der Waals surface area contributed by atoms with Gasteiger partial charge in [-0.15, -0.1) is 0 Å². The average molecular weight is 220 g/mol. The number of rotatable bonds is 2. The van der Waals surface area contributed by atoms with E-state index >= 15 is 0 Å². The van der Waals surface area contributed by atoms with Crippen molar-refractivity contribution in [2.75, 3.05) is 0 Å². The molecule has 0 unspecified atom stereocenters. The van der Waals surface area contributed by atoms with E-state index in [0.29, 0.717) is 0 Å². The maximum atomic E-state index is 12.4. The molecule has 2 nitrogen and oxygen atoms in total. The second-order valence-corrected chi connectivity index (χ2v) is 3.18. The summed E-state index contributed by atoms with van der Waals surface area (Å²) in [4.78, 5) is 3.28. The van der Waals surface area contributed by atoms with Gasteiger partial charge in [-0.2, -0.15) is 13.2 Å². The number of halogens is 3. The van der Waals surface area contributed by atoms with Crippen LogP contribution in [0.15, 0.2) is 18.3 Å². The Morgan fingerprint density at radius 2 is 2.14 bits per heavy atom. The number of hydrogen-bond acceptors (Lipinski definition) is 2. The number of nitrogens with two attached hydrogens (primary N) is 1. The third kappa shape index (κ3) is 2.66. The van der Waals surface area contributed by atoms with Gasteiger partial charge in [-0.1, -0.05) is 18.3 Å². The molecule has 0 atom stereocenters. The van der Waals surface area contributed by atoms with E-state index in [4.69, 9.17) is 5.73 Å². The SMILES string of the molecule is NC(=S)Cc1cccnc1C(F)(F)F. The summed E-state index contributed by atoms with van der Waals surface area (Å²) in [5, 5.41) is 0. The number of aromatic nitrogens is 1. The van der Waals surface area contributed by atoms with Crippen LogP contribution in [0.4, 0.5) is 13.2 Å². The van der Waals surface area contributed by atoms with Crippen molar-refractivity contribution in [1.82, 2.24) is 4.98 Å². The second kappa shape index (κ2) is 3.91. The second-order valence-electron chi connectivity index (χ2n) is 2.65. The lowest BCUT2D eigenvalue weighted by Gasteiger charge is -2.10. The van der Waals surface area contributed by atoms with Gasteiger partial charge in [0.2, 0.25) is 0 Å². The van der Waals surface area contributed by atoms with Gasteiger partial charge in [0.05, 0.1) is 4.99 Å². The van der Waals surface area contributed by atoms with Gasteiger partial charge < -0.3 is 5.73 Å². The summed E-state index contributed by atoms with van der Waals surface area (Å²) in [6, 6.07) is 2.73. The van der Waals surface area contributed by atoms with Crippen LogP contribution in [0.1, 0.15) is 11.3 Å². The molecule has 1 aromatic heterocycles. The van der Waals surface area contributed by atoms with Crippen molar-refractivity contribution >= 4 is 17.2 Å². The lowest BCUT2D eigenvalue weighted by atomic mass is 10.1. The molecule has 0 fully saturated rings. The van der Waals surface area contributed by atoms with E-state index < -0.39 is 11.9 Å². The maximum Gasteiger partial charge on any atom is 0.433 e. The van der Waals surface area contributed by atoms with E-state index in [-0.39, 0.29) is 17.0 Å². The molecule has 1 rings (SSSR count). The maximum absolute atomic E-state index is 12.4. The van der Waals surface area contributed by atoms with Crippen LogP contribution in [0.5, 0.6) is 0 Å². The zero-order valence-electron chi connectivity index (χ0n) is 7.01. The summed E-state index contributed by atoms with van der Waals surface area (Å²) in [6.45, 7) is 0. The molecular weight excluding hydrogens is 213 g/mol. The van der Waals surface area contributed by atoms with Gasteiger partial charge in [0, 0.05) is 12.6 Å². The molecule has 0 aliphatic rings. The fourth-order valence-corrected chi connectivity index (χ4v) is 1.18. The topological polar surface area (TPSA) is 38.9 Å². The highest BCUT2D eigenvalue weighted by molar-refractivity contribution is 7.80. The van der Waals surface area contributed by atoms with E-state index in [1.807, 2.05) is 0 Å². The normalized spacial score (nSPS) is 11.4. The Morgan fingerprint density at radius 3 is 2.64 bits per heavy atom. The van der Waals surface area contributed by atoms with Crippen molar-refractivity contribution in [3.8, 4) is 0 Å². The van der Waals surface area contributed by atoms with Crippen LogP contribution >= 0.6 is 12.2 Å². The first-order valence-electron chi connectivity index (χ1n) is 3.70. The van der Waals surface area contributed by atoms with Gasteiger partial charge in [0.25, 0.3) is 0 Å². The first-order chi connectivity index (χ1) is 6.41. The monoisotopic (exact) mass is 220 g/mol. The summed E-state index contributed by atoms with van der Waals surface area (Å²) in [7, 11) is 0. The number of thiocarbonyl (C=S) groups is 1. The molecule has 1 aromatic rings. The van der Waals surface area contributed by atoms with Gasteiger partial charge in [-0.25, -0.2) is 0 Å². The predicted octanol–water partition coefficient (Wildman–Crippen LogP) is 1.93. The summed E-state index contributed by atoms with van der Waals surface area (Å²) in [6.07, 6.45) is -3.45. The van der Waals surface area contributed by atoms with E-state index in [1.54, 1.807) is 0 Å². The molecule has 1 heterocycles. The summed E-state index contributed by atoms with van der Waals surface area (Å²) in [5.74, 6) is 0.